The number of hydrogen-bond acceptors (Lipinski definition) is 1. The van der Waals surface area contributed by atoms with Gasteiger partial charge in [-0.2, -0.15) is 0 Å². The molecule has 0 radical (unpaired) electrons. The zero-order chi connectivity index (χ0) is 10.8. The molecule has 0 aromatic heterocycles. The SMILES string of the molecule is OC(c1ccc(C2CCC2)cc1)C(F)F. The van der Waals surface area contributed by atoms with E-state index in [-0.39, 0.29) is 0 Å². The summed E-state index contributed by atoms with van der Waals surface area (Å²) in [7, 11) is 0. The Labute approximate surface area is 87.7 Å². The largest absolute Gasteiger partial charge is 0.382 e. The second kappa shape index (κ2) is 4.27. The normalized spacial score (nSPS) is 18.9. The maximum absolute atomic E-state index is 12.2. The fourth-order valence-electron chi connectivity index (χ4n) is 1.85. The summed E-state index contributed by atoms with van der Waals surface area (Å²) in [6.45, 7) is 0. The maximum Gasteiger partial charge on any atom is 0.268 e. The lowest BCUT2D eigenvalue weighted by atomic mass is 9.80. The third kappa shape index (κ3) is 2.17. The monoisotopic (exact) mass is 212 g/mol. The van der Waals surface area contributed by atoms with E-state index in [1.165, 1.54) is 24.8 Å². The van der Waals surface area contributed by atoms with E-state index < -0.39 is 12.5 Å². The highest BCUT2D eigenvalue weighted by atomic mass is 19.3. The fourth-order valence-corrected chi connectivity index (χ4v) is 1.85. The third-order valence-electron chi connectivity index (χ3n) is 3.09. The van der Waals surface area contributed by atoms with Crippen LogP contribution in [0.15, 0.2) is 24.3 Å². The molecule has 1 unspecified atom stereocenters. The van der Waals surface area contributed by atoms with E-state index in [0.29, 0.717) is 11.5 Å². The molecule has 1 fully saturated rings. The van der Waals surface area contributed by atoms with Crippen molar-refractivity contribution in [3.05, 3.63) is 35.4 Å². The molecule has 0 heterocycles. The quantitative estimate of drug-likeness (QED) is 0.815. The minimum atomic E-state index is -2.71. The molecule has 1 aromatic carbocycles. The summed E-state index contributed by atoms with van der Waals surface area (Å²) in [5, 5.41) is 9.15. The van der Waals surface area contributed by atoms with Crippen molar-refractivity contribution in [3.8, 4) is 0 Å². The lowest BCUT2D eigenvalue weighted by Gasteiger charge is -2.26. The Balaban J connectivity index is 2.09. The van der Waals surface area contributed by atoms with Gasteiger partial charge in [0.15, 0.2) is 0 Å². The van der Waals surface area contributed by atoms with Crippen LogP contribution in [0.5, 0.6) is 0 Å². The number of aliphatic hydroxyl groups excluding tert-OH is 1. The molecular formula is C12H14F2O. The second-order valence-electron chi connectivity index (χ2n) is 4.07. The highest BCUT2D eigenvalue weighted by Gasteiger charge is 2.21. The van der Waals surface area contributed by atoms with E-state index in [4.69, 9.17) is 5.11 Å². The highest BCUT2D eigenvalue weighted by Crippen LogP contribution is 2.36. The first-order valence-electron chi connectivity index (χ1n) is 5.24. The fraction of sp³-hybridized carbons (Fsp3) is 0.500. The molecule has 0 bridgehead atoms. The topological polar surface area (TPSA) is 20.2 Å². The zero-order valence-electron chi connectivity index (χ0n) is 8.37. The van der Waals surface area contributed by atoms with Crippen LogP contribution in [0.1, 0.15) is 42.4 Å². The van der Waals surface area contributed by atoms with Crippen LogP contribution in [0.3, 0.4) is 0 Å². The van der Waals surface area contributed by atoms with E-state index >= 15 is 0 Å². The Morgan fingerprint density at radius 1 is 1.13 bits per heavy atom. The van der Waals surface area contributed by atoms with Gasteiger partial charge in [0, 0.05) is 0 Å². The van der Waals surface area contributed by atoms with Gasteiger partial charge in [0.2, 0.25) is 0 Å². The van der Waals surface area contributed by atoms with E-state index in [2.05, 4.69) is 0 Å². The number of hydrogen-bond donors (Lipinski definition) is 1. The molecule has 0 saturated heterocycles. The number of halogens is 2. The molecule has 0 amide bonds. The van der Waals surface area contributed by atoms with Gasteiger partial charge in [-0.05, 0) is 29.9 Å². The molecule has 1 N–H and O–H groups in total. The van der Waals surface area contributed by atoms with Crippen LogP contribution in [0.2, 0.25) is 0 Å². The van der Waals surface area contributed by atoms with Crippen molar-refractivity contribution >= 4 is 0 Å². The van der Waals surface area contributed by atoms with Crippen LogP contribution in [0, 0.1) is 0 Å². The molecule has 1 atom stereocenters. The van der Waals surface area contributed by atoms with Crippen molar-refractivity contribution < 1.29 is 13.9 Å². The Morgan fingerprint density at radius 2 is 1.73 bits per heavy atom. The Morgan fingerprint density at radius 3 is 2.13 bits per heavy atom. The summed E-state index contributed by atoms with van der Waals surface area (Å²) in [4.78, 5) is 0. The van der Waals surface area contributed by atoms with E-state index in [1.54, 1.807) is 12.1 Å². The van der Waals surface area contributed by atoms with Crippen LogP contribution in [-0.4, -0.2) is 11.5 Å². The summed E-state index contributed by atoms with van der Waals surface area (Å²) in [5.41, 5.74) is 1.50. The summed E-state index contributed by atoms with van der Waals surface area (Å²) >= 11 is 0. The molecule has 1 aliphatic rings. The average molecular weight is 212 g/mol. The maximum atomic E-state index is 12.2. The standard InChI is InChI=1S/C12H14F2O/c13-12(14)11(15)10-6-4-9(5-7-10)8-2-1-3-8/h4-8,11-12,15H,1-3H2. The highest BCUT2D eigenvalue weighted by molar-refractivity contribution is 5.28. The minimum Gasteiger partial charge on any atom is -0.382 e. The van der Waals surface area contributed by atoms with Crippen molar-refractivity contribution in [1.29, 1.82) is 0 Å². The number of alkyl halides is 2. The van der Waals surface area contributed by atoms with Crippen molar-refractivity contribution in [3.63, 3.8) is 0 Å². The summed E-state index contributed by atoms with van der Waals surface area (Å²) in [6.07, 6.45) is -0.723. The molecule has 0 spiro atoms. The van der Waals surface area contributed by atoms with Crippen molar-refractivity contribution in [2.45, 2.75) is 37.7 Å². The lowest BCUT2D eigenvalue weighted by molar-refractivity contribution is -0.00579. The van der Waals surface area contributed by atoms with Gasteiger partial charge in [-0.25, -0.2) is 8.78 Å². The van der Waals surface area contributed by atoms with Crippen LogP contribution in [0.25, 0.3) is 0 Å². The van der Waals surface area contributed by atoms with Crippen molar-refractivity contribution in [2.24, 2.45) is 0 Å². The average Bonchev–Trinajstić information content (AvgIpc) is 2.15. The summed E-state index contributed by atoms with van der Waals surface area (Å²) < 4.78 is 24.4. The van der Waals surface area contributed by atoms with Crippen LogP contribution in [0.4, 0.5) is 8.78 Å². The minimum absolute atomic E-state index is 0.299. The zero-order valence-corrected chi connectivity index (χ0v) is 8.37. The Bertz CT molecular complexity index is 317. The van der Waals surface area contributed by atoms with Gasteiger partial charge < -0.3 is 5.11 Å². The number of aliphatic hydroxyl groups is 1. The van der Waals surface area contributed by atoms with Crippen LogP contribution in [-0.2, 0) is 0 Å². The Kier molecular flexibility index (Phi) is 3.00. The first-order chi connectivity index (χ1) is 7.18. The molecule has 1 aliphatic carbocycles. The molecule has 2 rings (SSSR count). The molecule has 0 aliphatic heterocycles. The Hall–Kier alpha value is -0.960. The number of benzene rings is 1. The summed E-state index contributed by atoms with van der Waals surface area (Å²) in [6, 6.07) is 6.91. The second-order valence-corrected chi connectivity index (χ2v) is 4.07. The van der Waals surface area contributed by atoms with Gasteiger partial charge in [0.05, 0.1) is 0 Å². The number of rotatable bonds is 3. The molecule has 15 heavy (non-hydrogen) atoms. The van der Waals surface area contributed by atoms with Crippen molar-refractivity contribution in [2.75, 3.05) is 0 Å². The van der Waals surface area contributed by atoms with E-state index in [0.717, 1.165) is 0 Å². The van der Waals surface area contributed by atoms with Gasteiger partial charge in [-0.1, -0.05) is 30.7 Å². The smallest absolute Gasteiger partial charge is 0.268 e. The van der Waals surface area contributed by atoms with E-state index in [9.17, 15) is 8.78 Å². The van der Waals surface area contributed by atoms with E-state index in [1.807, 2.05) is 12.1 Å². The molecule has 1 nitrogen and oxygen atoms in total. The predicted molar refractivity (Wildman–Crippen MR) is 54.0 cm³/mol. The van der Waals surface area contributed by atoms with Crippen molar-refractivity contribution in [1.82, 2.24) is 0 Å². The molecule has 82 valence electrons. The van der Waals surface area contributed by atoms with Crippen LogP contribution >= 0.6 is 0 Å². The van der Waals surface area contributed by atoms with Gasteiger partial charge in [0.1, 0.15) is 6.10 Å². The van der Waals surface area contributed by atoms with Gasteiger partial charge in [-0.15, -0.1) is 0 Å². The first-order valence-corrected chi connectivity index (χ1v) is 5.24. The lowest BCUT2D eigenvalue weighted by Crippen LogP contribution is -2.10. The third-order valence-corrected chi connectivity index (χ3v) is 3.09. The van der Waals surface area contributed by atoms with Gasteiger partial charge in [0.25, 0.3) is 6.43 Å². The molecule has 1 aromatic rings. The first kappa shape index (κ1) is 10.6. The van der Waals surface area contributed by atoms with Gasteiger partial charge >= 0.3 is 0 Å². The summed E-state index contributed by atoms with van der Waals surface area (Å²) in [5.74, 6) is 0.600. The molecule has 3 heteroatoms. The molecule has 1 saturated carbocycles. The molecular weight excluding hydrogens is 198 g/mol. The van der Waals surface area contributed by atoms with Crippen LogP contribution < -0.4 is 0 Å². The predicted octanol–water partition coefficient (Wildman–Crippen LogP) is 3.25. The van der Waals surface area contributed by atoms with Gasteiger partial charge in [-0.3, -0.25) is 0 Å².